The predicted octanol–water partition coefficient (Wildman–Crippen LogP) is 3.81. The van der Waals surface area contributed by atoms with E-state index >= 15 is 0 Å². The van der Waals surface area contributed by atoms with E-state index in [0.29, 0.717) is 11.3 Å². The Hall–Kier alpha value is -2.58. The maximum atomic E-state index is 12.2. The van der Waals surface area contributed by atoms with Gasteiger partial charge in [-0.3, -0.25) is 0 Å². The number of carbonyl (C=O) groups is 1. The Balaban J connectivity index is 1.91. The van der Waals surface area contributed by atoms with Crippen molar-refractivity contribution in [1.29, 1.82) is 0 Å². The zero-order chi connectivity index (χ0) is 19.1. The third kappa shape index (κ3) is 5.47. The SMILES string of the molecule is COc1ccccc1C(O)CNC(=O)Nc1ccc(OC(F)F)c(Cl)c1. The lowest BCUT2D eigenvalue weighted by atomic mass is 10.1. The lowest BCUT2D eigenvalue weighted by Gasteiger charge is -2.16. The number of methoxy groups -OCH3 is 1. The second kappa shape index (κ2) is 9.21. The first-order valence-electron chi connectivity index (χ1n) is 7.51. The molecule has 3 N–H and O–H groups in total. The van der Waals surface area contributed by atoms with Crippen LogP contribution >= 0.6 is 11.6 Å². The van der Waals surface area contributed by atoms with Crippen molar-refractivity contribution in [1.82, 2.24) is 5.32 Å². The summed E-state index contributed by atoms with van der Waals surface area (Å²) >= 11 is 5.81. The van der Waals surface area contributed by atoms with Crippen molar-refractivity contribution in [3.05, 3.63) is 53.1 Å². The fraction of sp³-hybridized carbons (Fsp3) is 0.235. The third-order valence-corrected chi connectivity index (χ3v) is 3.66. The fourth-order valence-corrected chi connectivity index (χ4v) is 2.41. The highest BCUT2D eigenvalue weighted by Gasteiger charge is 2.14. The van der Waals surface area contributed by atoms with E-state index in [9.17, 15) is 18.7 Å². The van der Waals surface area contributed by atoms with E-state index in [0.717, 1.165) is 0 Å². The van der Waals surface area contributed by atoms with Crippen molar-refractivity contribution in [2.75, 3.05) is 19.0 Å². The number of hydrogen-bond donors (Lipinski definition) is 3. The largest absolute Gasteiger partial charge is 0.496 e. The standard InChI is InChI=1S/C17H17ClF2N2O4/c1-25-14-5-3-2-4-11(14)13(23)9-21-17(24)22-10-6-7-15(12(18)8-10)26-16(19)20/h2-8,13,16,23H,9H2,1H3,(H2,21,22,24). The molecule has 0 aliphatic heterocycles. The van der Waals surface area contributed by atoms with Crippen LogP contribution in [0.2, 0.25) is 5.02 Å². The van der Waals surface area contributed by atoms with E-state index in [4.69, 9.17) is 16.3 Å². The Morgan fingerprint density at radius 3 is 2.62 bits per heavy atom. The smallest absolute Gasteiger partial charge is 0.387 e. The summed E-state index contributed by atoms with van der Waals surface area (Å²) in [7, 11) is 1.48. The molecule has 2 aromatic rings. The van der Waals surface area contributed by atoms with Gasteiger partial charge >= 0.3 is 12.6 Å². The van der Waals surface area contributed by atoms with Gasteiger partial charge in [0.05, 0.1) is 18.2 Å². The molecule has 0 bridgehead atoms. The van der Waals surface area contributed by atoms with Crippen LogP contribution in [0.1, 0.15) is 11.7 Å². The summed E-state index contributed by atoms with van der Waals surface area (Å²) in [5.74, 6) is 0.308. The average Bonchev–Trinajstić information content (AvgIpc) is 2.61. The first-order chi connectivity index (χ1) is 12.4. The van der Waals surface area contributed by atoms with Crippen LogP contribution in [0, 0.1) is 0 Å². The van der Waals surface area contributed by atoms with Crippen LogP contribution < -0.4 is 20.1 Å². The Morgan fingerprint density at radius 2 is 1.96 bits per heavy atom. The van der Waals surface area contributed by atoms with Crippen molar-refractivity contribution >= 4 is 23.3 Å². The molecular weight excluding hydrogens is 370 g/mol. The van der Waals surface area contributed by atoms with Gasteiger partial charge in [0.1, 0.15) is 11.5 Å². The number of aliphatic hydroxyl groups is 1. The number of nitrogens with one attached hydrogen (secondary N) is 2. The summed E-state index contributed by atoms with van der Waals surface area (Å²) in [4.78, 5) is 11.9. The molecule has 0 aliphatic rings. The van der Waals surface area contributed by atoms with Gasteiger partial charge in [0.2, 0.25) is 0 Å². The fourth-order valence-electron chi connectivity index (χ4n) is 2.19. The minimum atomic E-state index is -2.99. The van der Waals surface area contributed by atoms with E-state index in [-0.39, 0.29) is 23.0 Å². The van der Waals surface area contributed by atoms with Crippen molar-refractivity contribution in [3.63, 3.8) is 0 Å². The third-order valence-electron chi connectivity index (χ3n) is 3.36. The Morgan fingerprint density at radius 1 is 1.23 bits per heavy atom. The Labute approximate surface area is 153 Å². The number of amides is 2. The van der Waals surface area contributed by atoms with Gasteiger partial charge in [-0.2, -0.15) is 8.78 Å². The van der Waals surface area contributed by atoms with Crippen LogP contribution in [0.4, 0.5) is 19.3 Å². The first-order valence-corrected chi connectivity index (χ1v) is 7.88. The number of carbonyl (C=O) groups excluding carboxylic acids is 1. The lowest BCUT2D eigenvalue weighted by Crippen LogP contribution is -2.32. The van der Waals surface area contributed by atoms with Crippen LogP contribution in [-0.2, 0) is 0 Å². The molecule has 0 saturated heterocycles. The number of rotatable bonds is 7. The summed E-state index contributed by atoms with van der Waals surface area (Å²) < 4.78 is 33.7. The van der Waals surface area contributed by atoms with Crippen LogP contribution in [0.3, 0.4) is 0 Å². The average molecular weight is 387 g/mol. The molecule has 0 aliphatic carbocycles. The maximum absolute atomic E-state index is 12.2. The van der Waals surface area contributed by atoms with Crippen molar-refractivity contribution < 1.29 is 28.2 Å². The number of urea groups is 1. The lowest BCUT2D eigenvalue weighted by molar-refractivity contribution is -0.0497. The molecule has 140 valence electrons. The Kier molecular flexibility index (Phi) is 6.99. The number of aliphatic hydroxyl groups excluding tert-OH is 1. The summed E-state index contributed by atoms with van der Waals surface area (Å²) in [5.41, 5.74) is 0.813. The molecule has 2 aromatic carbocycles. The summed E-state index contributed by atoms with van der Waals surface area (Å²) in [6, 6.07) is 10.1. The molecule has 0 aromatic heterocycles. The molecule has 0 spiro atoms. The zero-order valence-corrected chi connectivity index (χ0v) is 14.5. The van der Waals surface area contributed by atoms with E-state index in [1.165, 1.54) is 25.3 Å². The van der Waals surface area contributed by atoms with Gasteiger partial charge in [0, 0.05) is 17.8 Å². The Bertz CT molecular complexity index is 761. The molecule has 26 heavy (non-hydrogen) atoms. The molecule has 0 heterocycles. The molecule has 1 atom stereocenters. The van der Waals surface area contributed by atoms with Crippen LogP contribution in [-0.4, -0.2) is 31.4 Å². The van der Waals surface area contributed by atoms with E-state index in [2.05, 4.69) is 15.4 Å². The summed E-state index contributed by atoms with van der Waals surface area (Å²) in [6.45, 7) is -3.06. The van der Waals surface area contributed by atoms with Gasteiger partial charge in [-0.15, -0.1) is 0 Å². The number of para-hydroxylation sites is 1. The highest BCUT2D eigenvalue weighted by Crippen LogP contribution is 2.29. The molecule has 6 nitrogen and oxygen atoms in total. The van der Waals surface area contributed by atoms with Gasteiger partial charge in [-0.1, -0.05) is 29.8 Å². The molecule has 0 saturated carbocycles. The summed E-state index contributed by atoms with van der Waals surface area (Å²) in [5, 5.41) is 15.1. The highest BCUT2D eigenvalue weighted by atomic mass is 35.5. The number of ether oxygens (including phenoxy) is 2. The van der Waals surface area contributed by atoms with Crippen molar-refractivity contribution in [3.8, 4) is 11.5 Å². The minimum absolute atomic E-state index is 0.0630. The summed E-state index contributed by atoms with van der Waals surface area (Å²) in [6.07, 6.45) is -0.970. The van der Waals surface area contributed by atoms with Crippen LogP contribution in [0.25, 0.3) is 0 Å². The van der Waals surface area contributed by atoms with E-state index in [1.54, 1.807) is 24.3 Å². The van der Waals surface area contributed by atoms with Crippen molar-refractivity contribution in [2.24, 2.45) is 0 Å². The first kappa shape index (κ1) is 19.7. The quantitative estimate of drug-likeness (QED) is 0.676. The number of hydrogen-bond acceptors (Lipinski definition) is 4. The van der Waals surface area contributed by atoms with Gasteiger partial charge < -0.3 is 25.2 Å². The highest BCUT2D eigenvalue weighted by molar-refractivity contribution is 6.32. The number of anilines is 1. The van der Waals surface area contributed by atoms with E-state index < -0.39 is 18.7 Å². The number of benzene rings is 2. The zero-order valence-electron chi connectivity index (χ0n) is 13.7. The van der Waals surface area contributed by atoms with Gasteiger partial charge in [0.25, 0.3) is 0 Å². The molecule has 2 rings (SSSR count). The molecule has 2 amide bonds. The molecule has 0 fully saturated rings. The topological polar surface area (TPSA) is 79.8 Å². The monoisotopic (exact) mass is 386 g/mol. The second-order valence-electron chi connectivity index (χ2n) is 5.12. The van der Waals surface area contributed by atoms with Gasteiger partial charge in [-0.05, 0) is 24.3 Å². The normalized spacial score (nSPS) is 11.8. The van der Waals surface area contributed by atoms with Crippen LogP contribution in [0.5, 0.6) is 11.5 Å². The van der Waals surface area contributed by atoms with Crippen LogP contribution in [0.15, 0.2) is 42.5 Å². The van der Waals surface area contributed by atoms with Gasteiger partial charge in [-0.25, -0.2) is 4.79 Å². The molecule has 9 heteroatoms. The molecular formula is C17H17ClF2N2O4. The molecule has 0 radical (unpaired) electrons. The molecule has 1 unspecified atom stereocenters. The van der Waals surface area contributed by atoms with Crippen molar-refractivity contribution in [2.45, 2.75) is 12.7 Å². The minimum Gasteiger partial charge on any atom is -0.496 e. The van der Waals surface area contributed by atoms with Gasteiger partial charge in [0.15, 0.2) is 0 Å². The second-order valence-corrected chi connectivity index (χ2v) is 5.52. The predicted molar refractivity (Wildman–Crippen MR) is 93.1 cm³/mol. The van der Waals surface area contributed by atoms with E-state index in [1.807, 2.05) is 0 Å². The number of halogens is 3. The number of alkyl halides is 2. The maximum Gasteiger partial charge on any atom is 0.387 e.